The third kappa shape index (κ3) is 5.45. The first kappa shape index (κ1) is 19.2. The zero-order valence-corrected chi connectivity index (χ0v) is 16.5. The Hall–Kier alpha value is -2.57. The van der Waals surface area contributed by atoms with Gasteiger partial charge in [0.15, 0.2) is 5.96 Å². The van der Waals surface area contributed by atoms with Crippen LogP contribution in [0, 0.1) is 6.92 Å². The molecular weight excluding hydrogens is 340 g/mol. The van der Waals surface area contributed by atoms with Gasteiger partial charge in [0.05, 0.1) is 19.2 Å². The summed E-state index contributed by atoms with van der Waals surface area (Å²) in [4.78, 5) is 8.97. The minimum atomic E-state index is 0.344. The number of guanidine groups is 1. The topological polar surface area (TPSA) is 76.4 Å². The molecule has 0 spiro atoms. The van der Waals surface area contributed by atoms with Crippen LogP contribution in [0.4, 0.5) is 0 Å². The Bertz CT molecular complexity index is 764. The maximum atomic E-state index is 6.28. The van der Waals surface area contributed by atoms with Gasteiger partial charge in [-0.3, -0.25) is 4.68 Å². The van der Waals surface area contributed by atoms with E-state index in [1.54, 1.807) is 11.0 Å². The molecule has 2 N–H and O–H groups in total. The van der Waals surface area contributed by atoms with Gasteiger partial charge in [0.1, 0.15) is 17.9 Å². The second-order valence-corrected chi connectivity index (χ2v) is 6.98. The Morgan fingerprint density at radius 2 is 2.11 bits per heavy atom. The van der Waals surface area contributed by atoms with Crippen molar-refractivity contribution in [3.05, 3.63) is 41.5 Å². The van der Waals surface area contributed by atoms with Crippen LogP contribution < -0.4 is 15.4 Å². The summed E-state index contributed by atoms with van der Waals surface area (Å²) in [6.45, 7) is 6.09. The molecule has 0 radical (unpaired) electrons. The Morgan fingerprint density at radius 3 is 2.81 bits per heavy atom. The fourth-order valence-corrected chi connectivity index (χ4v) is 3.24. The summed E-state index contributed by atoms with van der Waals surface area (Å²) in [5.74, 6) is 2.59. The number of hydrogen-bond donors (Lipinski definition) is 2. The second-order valence-electron chi connectivity index (χ2n) is 6.98. The number of aryl methyl sites for hydroxylation is 2. The summed E-state index contributed by atoms with van der Waals surface area (Å²) in [6, 6.07) is 6.37. The Balaban J connectivity index is 1.68. The smallest absolute Gasteiger partial charge is 0.191 e. The van der Waals surface area contributed by atoms with E-state index in [0.717, 1.165) is 42.5 Å². The van der Waals surface area contributed by atoms with E-state index < -0.39 is 0 Å². The van der Waals surface area contributed by atoms with Crippen LogP contribution in [-0.4, -0.2) is 33.4 Å². The summed E-state index contributed by atoms with van der Waals surface area (Å²) >= 11 is 0. The van der Waals surface area contributed by atoms with Crippen LogP contribution >= 0.6 is 0 Å². The molecule has 1 fully saturated rings. The highest BCUT2D eigenvalue weighted by Crippen LogP contribution is 2.28. The summed E-state index contributed by atoms with van der Waals surface area (Å²) in [5, 5.41) is 10.7. The Kier molecular flexibility index (Phi) is 6.68. The van der Waals surface area contributed by atoms with E-state index >= 15 is 0 Å². The van der Waals surface area contributed by atoms with E-state index in [1.807, 2.05) is 7.05 Å². The van der Waals surface area contributed by atoms with Gasteiger partial charge >= 0.3 is 0 Å². The third-order valence-corrected chi connectivity index (χ3v) is 4.79. The molecule has 1 aliphatic rings. The summed E-state index contributed by atoms with van der Waals surface area (Å²) in [7, 11) is 1.88. The molecule has 1 heterocycles. The first-order chi connectivity index (χ1) is 13.2. The zero-order valence-electron chi connectivity index (χ0n) is 16.5. The van der Waals surface area contributed by atoms with Gasteiger partial charge in [-0.15, -0.1) is 0 Å². The standard InChI is InChI=1S/C20H30N6O/c1-4-21-20(23-13-19-24-14-25-26(19)3)22-12-16-10-9-15(2)11-18(16)27-17-7-5-6-8-17/h9-11,14,17H,4-8,12-13H2,1-3H3,(H2,21,22,23). The van der Waals surface area contributed by atoms with Crippen molar-refractivity contribution in [1.82, 2.24) is 25.4 Å². The summed E-state index contributed by atoms with van der Waals surface area (Å²) in [6.07, 6.45) is 6.73. The van der Waals surface area contributed by atoms with Gasteiger partial charge in [0.2, 0.25) is 0 Å². The van der Waals surface area contributed by atoms with Crippen LogP contribution in [0.3, 0.4) is 0 Å². The molecule has 0 aliphatic heterocycles. The third-order valence-electron chi connectivity index (χ3n) is 4.79. The number of hydrogen-bond acceptors (Lipinski definition) is 4. The van der Waals surface area contributed by atoms with E-state index in [2.05, 4.69) is 52.8 Å². The first-order valence-electron chi connectivity index (χ1n) is 9.77. The molecule has 2 aromatic rings. The summed E-state index contributed by atoms with van der Waals surface area (Å²) in [5.41, 5.74) is 2.33. The number of aliphatic imine (C=N–C) groups is 1. The average Bonchev–Trinajstić information content (AvgIpc) is 3.30. The van der Waals surface area contributed by atoms with Gasteiger partial charge in [-0.25, -0.2) is 9.98 Å². The maximum absolute atomic E-state index is 6.28. The van der Waals surface area contributed by atoms with Gasteiger partial charge < -0.3 is 15.4 Å². The van der Waals surface area contributed by atoms with Gasteiger partial charge in [0, 0.05) is 19.2 Å². The lowest BCUT2D eigenvalue weighted by molar-refractivity contribution is 0.208. The lowest BCUT2D eigenvalue weighted by Crippen LogP contribution is -2.37. The van der Waals surface area contributed by atoms with E-state index in [4.69, 9.17) is 9.73 Å². The van der Waals surface area contributed by atoms with Crippen molar-refractivity contribution >= 4 is 5.96 Å². The van der Waals surface area contributed by atoms with Crippen molar-refractivity contribution in [2.24, 2.45) is 12.0 Å². The molecule has 0 unspecified atom stereocenters. The molecule has 1 aromatic heterocycles. The molecule has 3 rings (SSSR count). The highest BCUT2D eigenvalue weighted by atomic mass is 16.5. The normalized spacial score (nSPS) is 15.1. The molecule has 27 heavy (non-hydrogen) atoms. The zero-order chi connectivity index (χ0) is 19.1. The SMILES string of the molecule is CCNC(=NCc1ccc(C)cc1OC1CCCC1)NCc1ncnn1C. The van der Waals surface area contributed by atoms with Crippen LogP contribution in [0.25, 0.3) is 0 Å². The first-order valence-corrected chi connectivity index (χ1v) is 9.77. The number of nitrogens with zero attached hydrogens (tertiary/aromatic N) is 4. The van der Waals surface area contributed by atoms with Gasteiger partial charge in [-0.2, -0.15) is 5.10 Å². The van der Waals surface area contributed by atoms with Gasteiger partial charge in [-0.05, 0) is 51.2 Å². The Morgan fingerprint density at radius 1 is 1.30 bits per heavy atom. The highest BCUT2D eigenvalue weighted by Gasteiger charge is 2.18. The lowest BCUT2D eigenvalue weighted by atomic mass is 10.1. The molecular formula is C20H30N6O. The molecule has 0 atom stereocenters. The molecule has 1 aliphatic carbocycles. The minimum absolute atomic E-state index is 0.344. The van der Waals surface area contributed by atoms with E-state index in [1.165, 1.54) is 18.4 Å². The average molecular weight is 371 g/mol. The van der Waals surface area contributed by atoms with Crippen molar-refractivity contribution in [2.75, 3.05) is 6.54 Å². The van der Waals surface area contributed by atoms with E-state index in [9.17, 15) is 0 Å². The molecule has 1 aromatic carbocycles. The van der Waals surface area contributed by atoms with Gasteiger partial charge in [-0.1, -0.05) is 12.1 Å². The predicted octanol–water partition coefficient (Wildman–Crippen LogP) is 2.70. The summed E-state index contributed by atoms with van der Waals surface area (Å²) < 4.78 is 8.04. The molecule has 0 bridgehead atoms. The van der Waals surface area contributed by atoms with Gasteiger partial charge in [0.25, 0.3) is 0 Å². The molecule has 7 heteroatoms. The molecule has 7 nitrogen and oxygen atoms in total. The Labute approximate surface area is 161 Å². The van der Waals surface area contributed by atoms with Crippen molar-refractivity contribution in [3.63, 3.8) is 0 Å². The number of nitrogens with one attached hydrogen (secondary N) is 2. The van der Waals surface area contributed by atoms with Crippen LogP contribution in [0.5, 0.6) is 5.75 Å². The maximum Gasteiger partial charge on any atom is 0.191 e. The van der Waals surface area contributed by atoms with Crippen LogP contribution in [0.1, 0.15) is 49.6 Å². The largest absolute Gasteiger partial charge is 0.490 e. The van der Waals surface area contributed by atoms with Crippen molar-refractivity contribution in [1.29, 1.82) is 0 Å². The van der Waals surface area contributed by atoms with E-state index in [-0.39, 0.29) is 0 Å². The fourth-order valence-electron chi connectivity index (χ4n) is 3.24. The lowest BCUT2D eigenvalue weighted by Gasteiger charge is -2.17. The fraction of sp³-hybridized carbons (Fsp3) is 0.550. The number of rotatable bonds is 7. The second kappa shape index (κ2) is 9.39. The number of aromatic nitrogens is 3. The predicted molar refractivity (Wildman–Crippen MR) is 107 cm³/mol. The highest BCUT2D eigenvalue weighted by molar-refractivity contribution is 5.79. The number of ether oxygens (including phenoxy) is 1. The quantitative estimate of drug-likeness (QED) is 0.579. The van der Waals surface area contributed by atoms with Crippen LogP contribution in [0.2, 0.25) is 0 Å². The van der Waals surface area contributed by atoms with Crippen LogP contribution in [-0.2, 0) is 20.1 Å². The van der Waals surface area contributed by atoms with Crippen molar-refractivity contribution in [3.8, 4) is 5.75 Å². The molecule has 0 saturated heterocycles. The van der Waals surface area contributed by atoms with Crippen molar-refractivity contribution in [2.45, 2.75) is 58.7 Å². The molecule has 146 valence electrons. The monoisotopic (exact) mass is 370 g/mol. The van der Waals surface area contributed by atoms with Crippen LogP contribution in [0.15, 0.2) is 29.5 Å². The minimum Gasteiger partial charge on any atom is -0.490 e. The van der Waals surface area contributed by atoms with Crippen molar-refractivity contribution < 1.29 is 4.74 Å². The number of benzene rings is 1. The molecule has 1 saturated carbocycles. The van der Waals surface area contributed by atoms with E-state index in [0.29, 0.717) is 19.2 Å². The molecule has 0 amide bonds.